The fraction of sp³-hybridized carbons (Fsp3) is 0.269. The van der Waals surface area contributed by atoms with Crippen LogP contribution in [0.2, 0.25) is 0 Å². The van der Waals surface area contributed by atoms with Gasteiger partial charge in [0.1, 0.15) is 11.2 Å². The number of furan rings is 1. The van der Waals surface area contributed by atoms with Crippen LogP contribution < -0.4 is 5.32 Å². The smallest absolute Gasteiger partial charge is 0.243 e. The predicted molar refractivity (Wildman–Crippen MR) is 130 cm³/mol. The van der Waals surface area contributed by atoms with Gasteiger partial charge < -0.3 is 9.73 Å². The van der Waals surface area contributed by atoms with Gasteiger partial charge in [0.15, 0.2) is 0 Å². The second-order valence-electron chi connectivity index (χ2n) is 8.75. The number of amides is 1. The largest absolute Gasteiger partial charge is 0.456 e. The monoisotopic (exact) mass is 462 g/mol. The van der Waals surface area contributed by atoms with Crippen LogP contribution in [0.1, 0.15) is 24.0 Å². The molecule has 1 amide bonds. The van der Waals surface area contributed by atoms with Crippen molar-refractivity contribution in [2.75, 3.05) is 18.4 Å². The van der Waals surface area contributed by atoms with Crippen molar-refractivity contribution in [1.82, 2.24) is 4.31 Å². The number of piperidine rings is 1. The molecule has 4 aromatic rings. The number of carbonyl (C=O) groups excluding carboxylic acids is 1. The maximum absolute atomic E-state index is 13.1. The van der Waals surface area contributed by atoms with Gasteiger partial charge in [0, 0.05) is 35.5 Å². The van der Waals surface area contributed by atoms with Gasteiger partial charge in [0.05, 0.1) is 4.90 Å². The van der Waals surface area contributed by atoms with E-state index in [9.17, 15) is 13.2 Å². The first-order chi connectivity index (χ1) is 15.8. The molecule has 6 nitrogen and oxygen atoms in total. The lowest BCUT2D eigenvalue weighted by atomic mass is 9.97. The minimum Gasteiger partial charge on any atom is -0.456 e. The Morgan fingerprint density at radius 1 is 0.939 bits per heavy atom. The zero-order valence-electron chi connectivity index (χ0n) is 18.7. The predicted octanol–water partition coefficient (Wildman–Crippen LogP) is 5.24. The molecule has 3 aromatic carbocycles. The Balaban J connectivity index is 1.27. The summed E-state index contributed by atoms with van der Waals surface area (Å²) in [5.41, 5.74) is 4.08. The van der Waals surface area contributed by atoms with Gasteiger partial charge in [0.25, 0.3) is 0 Å². The molecule has 1 aliphatic heterocycles. The maximum Gasteiger partial charge on any atom is 0.243 e. The van der Waals surface area contributed by atoms with E-state index in [2.05, 4.69) is 5.32 Å². The number of aryl methyl sites for hydroxylation is 2. The van der Waals surface area contributed by atoms with Crippen LogP contribution in [0.25, 0.3) is 21.9 Å². The number of anilines is 1. The summed E-state index contributed by atoms with van der Waals surface area (Å²) < 4.78 is 33.6. The van der Waals surface area contributed by atoms with E-state index in [0.717, 1.165) is 33.1 Å². The molecule has 0 saturated carbocycles. The zero-order chi connectivity index (χ0) is 23.2. The molecule has 7 heteroatoms. The molecule has 0 unspecified atom stereocenters. The summed E-state index contributed by atoms with van der Waals surface area (Å²) >= 11 is 0. The van der Waals surface area contributed by atoms with Crippen molar-refractivity contribution < 1.29 is 17.6 Å². The highest BCUT2D eigenvalue weighted by Gasteiger charge is 2.32. The molecule has 1 fully saturated rings. The number of nitrogens with zero attached hydrogens (tertiary/aromatic N) is 1. The minimum absolute atomic E-state index is 0.0780. The van der Waals surface area contributed by atoms with Crippen LogP contribution in [0.15, 0.2) is 70.0 Å². The van der Waals surface area contributed by atoms with E-state index in [0.29, 0.717) is 36.5 Å². The Bertz CT molecular complexity index is 1460. The van der Waals surface area contributed by atoms with Gasteiger partial charge in [-0.25, -0.2) is 8.42 Å². The first-order valence-corrected chi connectivity index (χ1v) is 12.6. The number of benzene rings is 3. The zero-order valence-corrected chi connectivity index (χ0v) is 19.5. The molecule has 0 spiro atoms. The molecule has 33 heavy (non-hydrogen) atoms. The number of hydrogen-bond acceptors (Lipinski definition) is 4. The molecule has 0 radical (unpaired) electrons. The van der Waals surface area contributed by atoms with Crippen LogP contribution in [-0.2, 0) is 14.8 Å². The molecular formula is C26H26N2O4S. The highest BCUT2D eigenvalue weighted by Crippen LogP contribution is 2.31. The van der Waals surface area contributed by atoms with Crippen LogP contribution in [0.4, 0.5) is 5.69 Å². The quantitative estimate of drug-likeness (QED) is 0.450. The topological polar surface area (TPSA) is 79.6 Å². The fourth-order valence-electron chi connectivity index (χ4n) is 4.63. The second kappa shape index (κ2) is 8.32. The summed E-state index contributed by atoms with van der Waals surface area (Å²) in [6.07, 6.45) is 0.986. The van der Waals surface area contributed by atoms with E-state index in [1.807, 2.05) is 68.4 Å². The Labute approximate surface area is 193 Å². The summed E-state index contributed by atoms with van der Waals surface area (Å²) in [5.74, 6) is -0.307. The van der Waals surface area contributed by atoms with Crippen molar-refractivity contribution in [2.45, 2.75) is 31.6 Å². The number of rotatable bonds is 4. The first kappa shape index (κ1) is 21.7. The molecule has 1 aliphatic rings. The van der Waals surface area contributed by atoms with Crippen molar-refractivity contribution in [2.24, 2.45) is 5.92 Å². The van der Waals surface area contributed by atoms with Crippen LogP contribution in [0.5, 0.6) is 0 Å². The van der Waals surface area contributed by atoms with E-state index in [-0.39, 0.29) is 11.8 Å². The molecule has 0 aliphatic carbocycles. The van der Waals surface area contributed by atoms with E-state index in [1.54, 1.807) is 6.07 Å². The van der Waals surface area contributed by atoms with Crippen LogP contribution >= 0.6 is 0 Å². The summed E-state index contributed by atoms with van der Waals surface area (Å²) in [6, 6.07) is 18.8. The fourth-order valence-corrected chi connectivity index (χ4v) is 6.31. The highest BCUT2D eigenvalue weighted by molar-refractivity contribution is 7.89. The van der Waals surface area contributed by atoms with Gasteiger partial charge in [-0.05, 0) is 62.6 Å². The van der Waals surface area contributed by atoms with E-state index < -0.39 is 10.0 Å². The lowest BCUT2D eigenvalue weighted by Crippen LogP contribution is -2.41. The Hall–Kier alpha value is -3.16. The number of fused-ring (bicyclic) bond motifs is 3. The molecular weight excluding hydrogens is 436 g/mol. The maximum atomic E-state index is 13.1. The van der Waals surface area contributed by atoms with Gasteiger partial charge in [-0.3, -0.25) is 4.79 Å². The SMILES string of the molecule is Cc1ccc(S(=O)(=O)N2CCC(C(=O)Nc3ccc4oc5ccccc5c4c3)CC2)c(C)c1. The van der Waals surface area contributed by atoms with Gasteiger partial charge in [-0.1, -0.05) is 35.9 Å². The van der Waals surface area contributed by atoms with Crippen LogP contribution in [0, 0.1) is 19.8 Å². The standard InChI is InChI=1S/C26H26N2O4S/c1-17-7-10-25(18(2)15-17)33(30,31)28-13-11-19(12-14-28)26(29)27-20-8-9-24-22(16-20)21-5-3-4-6-23(21)32-24/h3-10,15-16,19H,11-14H2,1-2H3,(H,27,29). The Kier molecular flexibility index (Phi) is 5.46. The molecule has 170 valence electrons. The van der Waals surface area contributed by atoms with Crippen molar-refractivity contribution in [3.63, 3.8) is 0 Å². The molecule has 0 atom stereocenters. The lowest BCUT2D eigenvalue weighted by molar-refractivity contribution is -0.120. The van der Waals surface area contributed by atoms with Crippen LogP contribution in [-0.4, -0.2) is 31.7 Å². The molecule has 1 saturated heterocycles. The summed E-state index contributed by atoms with van der Waals surface area (Å²) in [6.45, 7) is 4.43. The van der Waals surface area contributed by atoms with Gasteiger partial charge in [-0.15, -0.1) is 0 Å². The van der Waals surface area contributed by atoms with E-state index >= 15 is 0 Å². The van der Waals surface area contributed by atoms with Crippen molar-refractivity contribution in [3.8, 4) is 0 Å². The average Bonchev–Trinajstić information content (AvgIpc) is 3.17. The number of para-hydroxylation sites is 1. The molecule has 0 bridgehead atoms. The number of nitrogens with one attached hydrogen (secondary N) is 1. The van der Waals surface area contributed by atoms with E-state index in [4.69, 9.17) is 4.42 Å². The lowest BCUT2D eigenvalue weighted by Gasteiger charge is -2.31. The highest BCUT2D eigenvalue weighted by atomic mass is 32.2. The Morgan fingerprint density at radius 2 is 1.67 bits per heavy atom. The van der Waals surface area contributed by atoms with Gasteiger partial charge in [-0.2, -0.15) is 4.31 Å². The van der Waals surface area contributed by atoms with Gasteiger partial charge in [0.2, 0.25) is 15.9 Å². The normalized spacial score (nSPS) is 15.8. The molecule has 1 N–H and O–H groups in total. The minimum atomic E-state index is -3.56. The summed E-state index contributed by atoms with van der Waals surface area (Å²) in [5, 5.41) is 4.97. The van der Waals surface area contributed by atoms with Crippen molar-refractivity contribution >= 4 is 43.6 Å². The molecule has 5 rings (SSSR count). The molecule has 2 heterocycles. The third kappa shape index (κ3) is 4.03. The number of sulfonamides is 1. The summed E-state index contributed by atoms with van der Waals surface area (Å²) in [4.78, 5) is 13.3. The average molecular weight is 463 g/mol. The van der Waals surface area contributed by atoms with E-state index in [1.165, 1.54) is 4.31 Å². The Morgan fingerprint density at radius 3 is 2.42 bits per heavy atom. The summed E-state index contributed by atoms with van der Waals surface area (Å²) in [7, 11) is -3.56. The number of hydrogen-bond donors (Lipinski definition) is 1. The van der Waals surface area contributed by atoms with Crippen molar-refractivity contribution in [1.29, 1.82) is 0 Å². The number of carbonyl (C=O) groups is 1. The third-order valence-corrected chi connectivity index (χ3v) is 8.48. The van der Waals surface area contributed by atoms with Crippen LogP contribution in [0.3, 0.4) is 0 Å². The van der Waals surface area contributed by atoms with Gasteiger partial charge >= 0.3 is 0 Å². The molecule has 1 aromatic heterocycles. The first-order valence-electron chi connectivity index (χ1n) is 11.1. The van der Waals surface area contributed by atoms with Crippen molar-refractivity contribution in [3.05, 3.63) is 71.8 Å². The third-order valence-electron chi connectivity index (χ3n) is 6.42. The second-order valence-corrected chi connectivity index (χ2v) is 10.7.